The molecule has 5 heteroatoms. The van der Waals surface area contributed by atoms with E-state index in [4.69, 9.17) is 5.73 Å². The minimum absolute atomic E-state index is 0.160. The summed E-state index contributed by atoms with van der Waals surface area (Å²) in [5.41, 5.74) is 6.99. The topological polar surface area (TPSA) is 38.9 Å². The molecule has 2 aromatic rings. The highest BCUT2D eigenvalue weighted by molar-refractivity contribution is 9.10. The molecule has 0 amide bonds. The van der Waals surface area contributed by atoms with Gasteiger partial charge in [-0.3, -0.25) is 4.98 Å². The van der Waals surface area contributed by atoms with Gasteiger partial charge in [0.05, 0.1) is 11.7 Å². The van der Waals surface area contributed by atoms with E-state index in [-0.39, 0.29) is 6.04 Å². The van der Waals surface area contributed by atoms with Crippen molar-refractivity contribution in [2.75, 3.05) is 0 Å². The number of pyridine rings is 1. The quantitative estimate of drug-likeness (QED) is 0.899. The summed E-state index contributed by atoms with van der Waals surface area (Å²) in [6.45, 7) is 0. The smallest absolute Gasteiger partial charge is 0.0831 e. The summed E-state index contributed by atoms with van der Waals surface area (Å²) in [4.78, 5) is 5.39. The fourth-order valence-electron chi connectivity index (χ4n) is 1.23. The van der Waals surface area contributed by atoms with Crippen LogP contribution in [0, 0.1) is 0 Å². The second-order valence-electron chi connectivity index (χ2n) is 3.01. The largest absolute Gasteiger partial charge is 0.318 e. The van der Waals surface area contributed by atoms with E-state index >= 15 is 0 Å². The zero-order valence-corrected chi connectivity index (χ0v) is 11.6. The lowest BCUT2D eigenvalue weighted by molar-refractivity contribution is 0.842. The van der Waals surface area contributed by atoms with Gasteiger partial charge in [-0.15, -0.1) is 11.3 Å². The van der Waals surface area contributed by atoms with Gasteiger partial charge in [0.2, 0.25) is 0 Å². The molecule has 0 fully saturated rings. The molecule has 0 aliphatic rings. The highest BCUT2D eigenvalue weighted by Gasteiger charge is 2.14. The lowest BCUT2D eigenvalue weighted by Gasteiger charge is -2.09. The van der Waals surface area contributed by atoms with Gasteiger partial charge in [-0.05, 0) is 55.4 Å². The predicted molar refractivity (Wildman–Crippen MR) is 70.0 cm³/mol. The molecule has 2 rings (SSSR count). The Labute approximate surface area is 109 Å². The second-order valence-corrected chi connectivity index (χ2v) is 5.73. The van der Waals surface area contributed by atoms with Crippen molar-refractivity contribution in [1.82, 2.24) is 4.98 Å². The molecular weight excluding hydrogens is 340 g/mol. The second kappa shape index (κ2) is 4.74. The summed E-state index contributed by atoms with van der Waals surface area (Å²) in [5.74, 6) is 0. The summed E-state index contributed by atoms with van der Waals surface area (Å²) < 4.78 is 2.01. The van der Waals surface area contributed by atoms with Gasteiger partial charge in [-0.25, -0.2) is 0 Å². The molecule has 78 valence electrons. The Balaban J connectivity index is 2.32. The van der Waals surface area contributed by atoms with Crippen LogP contribution in [0.15, 0.2) is 38.7 Å². The van der Waals surface area contributed by atoms with Gasteiger partial charge >= 0.3 is 0 Å². The van der Waals surface area contributed by atoms with Crippen molar-refractivity contribution in [3.8, 4) is 0 Å². The van der Waals surface area contributed by atoms with Gasteiger partial charge in [0.25, 0.3) is 0 Å². The normalized spacial score (nSPS) is 12.7. The molecule has 0 aliphatic heterocycles. The van der Waals surface area contributed by atoms with Crippen molar-refractivity contribution in [3.05, 3.63) is 49.3 Å². The van der Waals surface area contributed by atoms with Crippen molar-refractivity contribution in [2.24, 2.45) is 5.73 Å². The van der Waals surface area contributed by atoms with Gasteiger partial charge in [-0.1, -0.05) is 0 Å². The fourth-order valence-corrected chi connectivity index (χ4v) is 3.10. The minimum atomic E-state index is -0.160. The molecule has 0 saturated carbocycles. The van der Waals surface area contributed by atoms with E-state index < -0.39 is 0 Å². The summed E-state index contributed by atoms with van der Waals surface area (Å²) >= 11 is 8.45. The first kappa shape index (κ1) is 11.3. The Morgan fingerprint density at radius 3 is 2.60 bits per heavy atom. The average Bonchev–Trinajstić information content (AvgIpc) is 2.65. The highest BCUT2D eigenvalue weighted by atomic mass is 79.9. The van der Waals surface area contributed by atoms with E-state index in [0.29, 0.717) is 0 Å². The van der Waals surface area contributed by atoms with Crippen LogP contribution in [-0.4, -0.2) is 4.98 Å². The molecule has 2 nitrogen and oxygen atoms in total. The van der Waals surface area contributed by atoms with Crippen molar-refractivity contribution < 1.29 is 0 Å². The number of thiophene rings is 1. The van der Waals surface area contributed by atoms with Crippen LogP contribution in [0.5, 0.6) is 0 Å². The molecule has 1 atom stereocenters. The summed E-state index contributed by atoms with van der Waals surface area (Å²) in [5, 5.41) is 2.01. The minimum Gasteiger partial charge on any atom is -0.318 e. The monoisotopic (exact) mass is 346 g/mol. The third-order valence-electron chi connectivity index (χ3n) is 2.00. The van der Waals surface area contributed by atoms with Crippen LogP contribution in [0.1, 0.15) is 16.6 Å². The van der Waals surface area contributed by atoms with Crippen LogP contribution in [0.2, 0.25) is 0 Å². The Bertz CT molecular complexity index is 453. The van der Waals surface area contributed by atoms with Gasteiger partial charge in [0.15, 0.2) is 0 Å². The van der Waals surface area contributed by atoms with E-state index in [2.05, 4.69) is 36.8 Å². The van der Waals surface area contributed by atoms with Crippen LogP contribution in [0.4, 0.5) is 0 Å². The number of aromatic nitrogens is 1. The van der Waals surface area contributed by atoms with Crippen LogP contribution < -0.4 is 5.73 Å². The highest BCUT2D eigenvalue weighted by Crippen LogP contribution is 2.30. The number of nitrogens with two attached hydrogens (primary N) is 1. The molecule has 0 radical (unpaired) electrons. The van der Waals surface area contributed by atoms with E-state index in [0.717, 1.165) is 19.5 Å². The third kappa shape index (κ3) is 2.47. The molecule has 0 spiro atoms. The molecule has 2 N–H and O–H groups in total. The molecular formula is C10H8Br2N2S. The van der Waals surface area contributed by atoms with Gasteiger partial charge in [-0.2, -0.15) is 0 Å². The number of hydrogen-bond acceptors (Lipinski definition) is 3. The zero-order chi connectivity index (χ0) is 10.8. The van der Waals surface area contributed by atoms with E-state index in [1.165, 1.54) is 0 Å². The fraction of sp³-hybridized carbons (Fsp3) is 0.100. The Hall–Kier alpha value is -0.230. The molecule has 0 saturated heterocycles. The molecule has 1 unspecified atom stereocenters. The first-order valence-electron chi connectivity index (χ1n) is 4.28. The van der Waals surface area contributed by atoms with Crippen molar-refractivity contribution in [1.29, 1.82) is 0 Å². The molecule has 0 aliphatic carbocycles. The van der Waals surface area contributed by atoms with Gasteiger partial charge in [0.1, 0.15) is 0 Å². The maximum Gasteiger partial charge on any atom is 0.0831 e. The SMILES string of the molecule is NC(c1ccc(Br)cn1)c1sccc1Br. The van der Waals surface area contributed by atoms with E-state index in [1.54, 1.807) is 17.5 Å². The van der Waals surface area contributed by atoms with Gasteiger partial charge < -0.3 is 5.73 Å². The van der Waals surface area contributed by atoms with Crippen LogP contribution in [-0.2, 0) is 0 Å². The lowest BCUT2D eigenvalue weighted by Crippen LogP contribution is -2.12. The van der Waals surface area contributed by atoms with Crippen molar-refractivity contribution >= 4 is 43.2 Å². The Morgan fingerprint density at radius 1 is 1.27 bits per heavy atom. The van der Waals surface area contributed by atoms with Crippen LogP contribution in [0.3, 0.4) is 0 Å². The van der Waals surface area contributed by atoms with Gasteiger partial charge in [0, 0.05) is 20.0 Å². The van der Waals surface area contributed by atoms with Crippen LogP contribution in [0.25, 0.3) is 0 Å². The number of halogens is 2. The maximum atomic E-state index is 6.11. The molecule has 2 aromatic heterocycles. The van der Waals surface area contributed by atoms with E-state index in [1.807, 2.05) is 23.6 Å². The predicted octanol–water partition coefficient (Wildman–Crippen LogP) is 3.72. The van der Waals surface area contributed by atoms with Crippen LogP contribution >= 0.6 is 43.2 Å². The first-order valence-corrected chi connectivity index (χ1v) is 6.75. The molecule has 0 bridgehead atoms. The number of rotatable bonds is 2. The summed E-state index contributed by atoms with van der Waals surface area (Å²) in [6.07, 6.45) is 1.76. The molecule has 15 heavy (non-hydrogen) atoms. The lowest BCUT2D eigenvalue weighted by atomic mass is 10.2. The molecule has 0 aromatic carbocycles. The first-order chi connectivity index (χ1) is 7.18. The summed E-state index contributed by atoms with van der Waals surface area (Å²) in [7, 11) is 0. The van der Waals surface area contributed by atoms with Crippen molar-refractivity contribution in [3.63, 3.8) is 0 Å². The maximum absolute atomic E-state index is 6.11. The van der Waals surface area contributed by atoms with Crippen molar-refractivity contribution in [2.45, 2.75) is 6.04 Å². The third-order valence-corrected chi connectivity index (χ3v) is 4.42. The summed E-state index contributed by atoms with van der Waals surface area (Å²) in [6, 6.07) is 5.72. The Morgan fingerprint density at radius 2 is 2.07 bits per heavy atom. The number of nitrogens with zero attached hydrogens (tertiary/aromatic N) is 1. The standard InChI is InChI=1S/C10H8Br2N2S/c11-6-1-2-8(14-5-6)9(13)10-7(12)3-4-15-10/h1-5,9H,13H2. The zero-order valence-electron chi connectivity index (χ0n) is 7.65. The average molecular weight is 348 g/mol. The number of hydrogen-bond donors (Lipinski definition) is 1. The van der Waals surface area contributed by atoms with E-state index in [9.17, 15) is 0 Å². The molecule has 2 heterocycles. The Kier molecular flexibility index (Phi) is 3.56.